The van der Waals surface area contributed by atoms with Crippen LogP contribution in [0.4, 0.5) is 0 Å². The monoisotopic (exact) mass is 396 g/mol. The van der Waals surface area contributed by atoms with Gasteiger partial charge in [-0.15, -0.1) is 0 Å². The number of benzene rings is 1. The number of guanidine groups is 2. The van der Waals surface area contributed by atoms with E-state index >= 15 is 0 Å². The van der Waals surface area contributed by atoms with E-state index in [4.69, 9.17) is 16.2 Å². The van der Waals surface area contributed by atoms with Crippen LogP contribution in [0.5, 0.6) is 0 Å². The van der Waals surface area contributed by atoms with E-state index in [0.29, 0.717) is 5.01 Å². The van der Waals surface area contributed by atoms with Crippen molar-refractivity contribution in [2.24, 2.45) is 21.7 Å². The molecule has 0 amide bonds. The molecule has 15 nitrogen and oxygen atoms in total. The fourth-order valence-corrected chi connectivity index (χ4v) is 1.93. The van der Waals surface area contributed by atoms with E-state index in [-0.39, 0.29) is 12.2 Å². The number of nitrogens with zero attached hydrogens (tertiary/aromatic N) is 5. The van der Waals surface area contributed by atoms with E-state index in [9.17, 15) is 29.8 Å². The van der Waals surface area contributed by atoms with Crippen molar-refractivity contribution in [2.75, 3.05) is 6.61 Å². The third kappa shape index (κ3) is 6.21. The Kier molecular flexibility index (Phi) is 7.76. The Morgan fingerprint density at radius 3 is 2.25 bits per heavy atom. The minimum absolute atomic E-state index is 0.0195. The summed E-state index contributed by atoms with van der Waals surface area (Å²) in [6.45, 7) is 1.31. The minimum atomic E-state index is -1.95. The normalized spacial score (nSPS) is 12.6. The summed E-state index contributed by atoms with van der Waals surface area (Å²) in [5.74, 6) is -4.00. The van der Waals surface area contributed by atoms with Crippen molar-refractivity contribution in [3.05, 3.63) is 56.1 Å². The maximum Gasteiger partial charge on any atom is 0.339 e. The molecule has 0 saturated carbocycles. The Labute approximate surface area is 156 Å². The molecule has 0 aromatic heterocycles. The van der Waals surface area contributed by atoms with E-state index in [1.54, 1.807) is 6.07 Å². The molecule has 1 aromatic rings. The first-order chi connectivity index (χ1) is 13.2. The summed E-state index contributed by atoms with van der Waals surface area (Å²) in [6.07, 6.45) is 0. The van der Waals surface area contributed by atoms with Crippen molar-refractivity contribution in [3.8, 4) is 0 Å². The number of nitrogens with two attached hydrogens (primary N) is 2. The van der Waals surface area contributed by atoms with Gasteiger partial charge in [-0.1, -0.05) is 30.3 Å². The van der Waals surface area contributed by atoms with Gasteiger partial charge >= 0.3 is 5.97 Å². The zero-order valence-electron chi connectivity index (χ0n) is 14.4. The number of Topliss-reactive ketones (excluding diaryl/α,β-unsaturated/α-hetero) is 1. The second-order valence-electron chi connectivity index (χ2n) is 4.79. The number of hydrogen-bond acceptors (Lipinski definition) is 7. The molecular weight excluding hydrogens is 380 g/mol. The number of carbonyl (C=O) groups is 2. The van der Waals surface area contributed by atoms with Gasteiger partial charge in [-0.2, -0.15) is 0 Å². The van der Waals surface area contributed by atoms with Gasteiger partial charge in [-0.3, -0.25) is 10.2 Å². The number of hydrazone groups is 2. The van der Waals surface area contributed by atoms with Gasteiger partial charge in [0.2, 0.25) is 6.04 Å². The van der Waals surface area contributed by atoms with E-state index in [2.05, 4.69) is 10.2 Å². The second-order valence-corrected chi connectivity index (χ2v) is 4.79. The fourth-order valence-electron chi connectivity index (χ4n) is 1.93. The summed E-state index contributed by atoms with van der Waals surface area (Å²) in [4.78, 5) is 46.3. The number of hydrazine groups is 1. The van der Waals surface area contributed by atoms with E-state index in [1.165, 1.54) is 31.2 Å². The average Bonchev–Trinajstić information content (AvgIpc) is 2.60. The van der Waals surface area contributed by atoms with Gasteiger partial charge < -0.3 is 16.2 Å². The van der Waals surface area contributed by atoms with Gasteiger partial charge in [0.15, 0.2) is 15.8 Å². The first kappa shape index (κ1) is 21.7. The van der Waals surface area contributed by atoms with Crippen LogP contribution in [0.3, 0.4) is 0 Å². The van der Waals surface area contributed by atoms with Crippen molar-refractivity contribution in [2.45, 2.75) is 13.0 Å². The average molecular weight is 396 g/mol. The summed E-state index contributed by atoms with van der Waals surface area (Å²) >= 11 is 0. The highest BCUT2D eigenvalue weighted by Gasteiger charge is 2.38. The number of carbonyl (C=O) groups excluding carboxylic acids is 2. The molecule has 28 heavy (non-hydrogen) atoms. The summed E-state index contributed by atoms with van der Waals surface area (Å²) in [7, 11) is 0. The predicted octanol–water partition coefficient (Wildman–Crippen LogP) is -1.38. The lowest BCUT2D eigenvalue weighted by atomic mass is 10.0. The number of esters is 1. The molecule has 0 heterocycles. The quantitative estimate of drug-likeness (QED) is 0.0926. The first-order valence-corrected chi connectivity index (χ1v) is 7.46. The van der Waals surface area contributed by atoms with Gasteiger partial charge in [0.1, 0.15) is 10.2 Å². The molecule has 0 spiro atoms. The highest BCUT2D eigenvalue weighted by Crippen LogP contribution is 2.10. The van der Waals surface area contributed by atoms with Crippen LogP contribution in [0.25, 0.3) is 0 Å². The first-order valence-electron chi connectivity index (χ1n) is 7.46. The van der Waals surface area contributed by atoms with Crippen LogP contribution < -0.4 is 16.9 Å². The maximum atomic E-state index is 12.8. The molecular formula is C13H16N8O7. The zero-order valence-corrected chi connectivity index (χ0v) is 14.4. The van der Waals surface area contributed by atoms with Gasteiger partial charge in [0.25, 0.3) is 11.9 Å². The molecule has 0 aliphatic carbocycles. The van der Waals surface area contributed by atoms with Crippen LogP contribution in [0, 0.1) is 20.2 Å². The molecule has 0 bridgehead atoms. The number of nitrogens with one attached hydrogen (secondary N) is 1. The number of ether oxygens (including phenoxy) is 1. The van der Waals surface area contributed by atoms with Gasteiger partial charge in [0, 0.05) is 5.56 Å². The molecule has 1 atom stereocenters. The molecule has 0 aliphatic heterocycles. The lowest BCUT2D eigenvalue weighted by molar-refractivity contribution is -0.486. The molecule has 0 fully saturated rings. The molecule has 0 radical (unpaired) electrons. The Balaban J connectivity index is 3.47. The number of nitro groups is 2. The minimum Gasteiger partial charge on any atom is -0.464 e. The number of ketones is 1. The zero-order chi connectivity index (χ0) is 21.3. The molecule has 15 heteroatoms. The van der Waals surface area contributed by atoms with Crippen molar-refractivity contribution >= 4 is 23.7 Å². The van der Waals surface area contributed by atoms with Crippen molar-refractivity contribution in [3.63, 3.8) is 0 Å². The maximum absolute atomic E-state index is 12.8. The smallest absolute Gasteiger partial charge is 0.339 e. The summed E-state index contributed by atoms with van der Waals surface area (Å²) < 4.78 is 4.81. The highest BCUT2D eigenvalue weighted by atomic mass is 16.7. The van der Waals surface area contributed by atoms with Crippen molar-refractivity contribution in [1.82, 2.24) is 10.4 Å². The Bertz CT molecular complexity index is 810. The SMILES string of the molecule is CCOC(=O)[C@H](C(=O)c1ccccc1)N(N/C(N)=N\[N+](=O)[O-])/C(N)=N\[N+](=O)[O-]. The lowest BCUT2D eigenvalue weighted by Crippen LogP contribution is -2.62. The molecule has 0 unspecified atom stereocenters. The molecule has 5 N–H and O–H groups in total. The summed E-state index contributed by atoms with van der Waals surface area (Å²) in [6, 6.07) is 5.39. The molecule has 1 aromatic carbocycles. The van der Waals surface area contributed by atoms with E-state index in [1.807, 2.05) is 5.43 Å². The molecule has 150 valence electrons. The Morgan fingerprint density at radius 1 is 1.18 bits per heavy atom. The van der Waals surface area contributed by atoms with Crippen LogP contribution in [0.2, 0.25) is 0 Å². The fraction of sp³-hybridized carbons (Fsp3) is 0.231. The van der Waals surface area contributed by atoms with Crippen LogP contribution in [0.1, 0.15) is 17.3 Å². The van der Waals surface area contributed by atoms with Crippen LogP contribution >= 0.6 is 0 Å². The summed E-state index contributed by atoms with van der Waals surface area (Å²) in [5, 5.41) is 24.6. The van der Waals surface area contributed by atoms with Crippen LogP contribution in [0.15, 0.2) is 40.5 Å². The van der Waals surface area contributed by atoms with Crippen molar-refractivity contribution < 1.29 is 24.4 Å². The lowest BCUT2D eigenvalue weighted by Gasteiger charge is -2.28. The van der Waals surface area contributed by atoms with Crippen molar-refractivity contribution in [1.29, 1.82) is 0 Å². The van der Waals surface area contributed by atoms with Crippen LogP contribution in [-0.2, 0) is 9.53 Å². The highest BCUT2D eigenvalue weighted by molar-refractivity contribution is 6.14. The van der Waals surface area contributed by atoms with Gasteiger partial charge in [-0.05, 0) is 6.92 Å². The molecule has 0 aliphatic rings. The van der Waals surface area contributed by atoms with E-state index < -0.39 is 39.8 Å². The molecule has 1 rings (SSSR count). The Morgan fingerprint density at radius 2 is 1.75 bits per heavy atom. The Hall–Kier alpha value is -4.30. The third-order valence-corrected chi connectivity index (χ3v) is 2.93. The number of rotatable bonds is 7. The largest absolute Gasteiger partial charge is 0.464 e. The standard InChI is InChI=1S/C13H16N8O7/c1-2-28-11(23)9(10(22)8-6-4-3-5-7-8)19(13(15)18-21(26)27)16-12(14)17-20(24)25/h3-7,9H,2H2,1H3,(H2,15,18)(H3,14,16,17)/t9-/m0/s1. The van der Waals surface area contributed by atoms with Gasteiger partial charge in [0.05, 0.1) is 6.61 Å². The number of hydrogen-bond donors (Lipinski definition) is 3. The topological polar surface area (TPSA) is 222 Å². The predicted molar refractivity (Wildman–Crippen MR) is 93.4 cm³/mol. The summed E-state index contributed by atoms with van der Waals surface area (Å²) in [5.41, 5.74) is 12.8. The van der Waals surface area contributed by atoms with Gasteiger partial charge in [-0.25, -0.2) is 30.0 Å². The van der Waals surface area contributed by atoms with Crippen LogP contribution in [-0.4, -0.2) is 51.4 Å². The molecule has 0 saturated heterocycles. The second kappa shape index (κ2) is 10.00. The van der Waals surface area contributed by atoms with E-state index in [0.717, 1.165) is 0 Å². The third-order valence-electron chi connectivity index (χ3n) is 2.93.